The minimum atomic E-state index is 0.0336. The van der Waals surface area contributed by atoms with Gasteiger partial charge in [-0.3, -0.25) is 4.99 Å². The normalized spacial score (nSPS) is 21.0. The van der Waals surface area contributed by atoms with Crippen LogP contribution >= 0.6 is 0 Å². The van der Waals surface area contributed by atoms with E-state index >= 15 is 0 Å². The van der Waals surface area contributed by atoms with E-state index in [9.17, 15) is 0 Å². The third kappa shape index (κ3) is 1.86. The largest absolute Gasteiger partial charge is 0.260 e. The Kier molecular flexibility index (Phi) is 2.55. The molecule has 0 amide bonds. The Morgan fingerprint density at radius 2 is 1.72 bits per heavy atom. The second-order valence-electron chi connectivity index (χ2n) is 5.36. The van der Waals surface area contributed by atoms with Crippen LogP contribution in [0.1, 0.15) is 23.6 Å². The third-order valence-electron chi connectivity index (χ3n) is 3.70. The van der Waals surface area contributed by atoms with Gasteiger partial charge in [-0.05, 0) is 30.5 Å². The van der Waals surface area contributed by atoms with Crippen molar-refractivity contribution >= 4 is 11.9 Å². The van der Waals surface area contributed by atoms with E-state index in [1.54, 1.807) is 0 Å². The number of hydrogen-bond acceptors (Lipinski definition) is 1. The third-order valence-corrected chi connectivity index (χ3v) is 3.70. The Hall–Kier alpha value is -1.89. The van der Waals surface area contributed by atoms with E-state index < -0.39 is 0 Å². The zero-order valence-electron chi connectivity index (χ0n) is 10.9. The molecule has 1 aliphatic rings. The molecule has 1 unspecified atom stereocenters. The molecule has 0 spiro atoms. The van der Waals surface area contributed by atoms with E-state index in [0.29, 0.717) is 0 Å². The molecular formula is C17H17N. The number of hydrogen-bond donors (Lipinski definition) is 0. The zero-order valence-corrected chi connectivity index (χ0v) is 10.9. The van der Waals surface area contributed by atoms with Crippen LogP contribution in [0.4, 0.5) is 5.69 Å². The molecule has 2 aromatic carbocycles. The standard InChI is InChI=1S/C17H17N/c1-13-7-9-14(10-8-13)11-17(2)12-18-16-6-4-3-5-15(16)17/h3-10,12H,11H2,1-2H3. The first-order chi connectivity index (χ1) is 8.67. The highest BCUT2D eigenvalue weighted by molar-refractivity contribution is 5.85. The van der Waals surface area contributed by atoms with Crippen LogP contribution < -0.4 is 0 Å². The van der Waals surface area contributed by atoms with Gasteiger partial charge in [0.2, 0.25) is 0 Å². The Labute approximate surface area is 108 Å². The summed E-state index contributed by atoms with van der Waals surface area (Å²) in [5, 5.41) is 0. The Morgan fingerprint density at radius 3 is 2.50 bits per heavy atom. The summed E-state index contributed by atoms with van der Waals surface area (Å²) >= 11 is 0. The first kappa shape index (κ1) is 11.2. The SMILES string of the molecule is Cc1ccc(CC2(C)C=Nc3ccccc32)cc1. The first-order valence-electron chi connectivity index (χ1n) is 6.38. The number of nitrogens with zero attached hydrogens (tertiary/aromatic N) is 1. The lowest BCUT2D eigenvalue weighted by molar-refractivity contribution is 0.660. The van der Waals surface area contributed by atoms with Gasteiger partial charge >= 0.3 is 0 Å². The summed E-state index contributed by atoms with van der Waals surface area (Å²) in [6, 6.07) is 17.2. The molecule has 0 bridgehead atoms. The van der Waals surface area contributed by atoms with E-state index in [4.69, 9.17) is 0 Å². The summed E-state index contributed by atoms with van der Waals surface area (Å²) in [6.45, 7) is 4.39. The number of aliphatic imine (C=N–C) groups is 1. The van der Waals surface area contributed by atoms with Crippen LogP contribution in [0.15, 0.2) is 53.5 Å². The summed E-state index contributed by atoms with van der Waals surface area (Å²) < 4.78 is 0. The predicted molar refractivity (Wildman–Crippen MR) is 76.8 cm³/mol. The predicted octanol–water partition coefficient (Wildman–Crippen LogP) is 4.21. The van der Waals surface area contributed by atoms with Crippen molar-refractivity contribution in [1.82, 2.24) is 0 Å². The maximum atomic E-state index is 4.54. The van der Waals surface area contributed by atoms with E-state index in [2.05, 4.69) is 67.5 Å². The summed E-state index contributed by atoms with van der Waals surface area (Å²) in [5.41, 5.74) is 5.17. The molecule has 3 rings (SSSR count). The van der Waals surface area contributed by atoms with Crippen molar-refractivity contribution in [3.63, 3.8) is 0 Å². The quantitative estimate of drug-likeness (QED) is 0.739. The molecule has 0 aliphatic carbocycles. The van der Waals surface area contributed by atoms with Gasteiger partial charge in [0.1, 0.15) is 0 Å². The average Bonchev–Trinajstić information content (AvgIpc) is 2.71. The topological polar surface area (TPSA) is 12.4 Å². The maximum absolute atomic E-state index is 4.54. The highest BCUT2D eigenvalue weighted by atomic mass is 14.8. The number of para-hydroxylation sites is 1. The van der Waals surface area contributed by atoms with Crippen LogP contribution in [0, 0.1) is 6.92 Å². The van der Waals surface area contributed by atoms with Crippen molar-refractivity contribution in [2.45, 2.75) is 25.7 Å². The van der Waals surface area contributed by atoms with Gasteiger partial charge in [-0.15, -0.1) is 0 Å². The monoisotopic (exact) mass is 235 g/mol. The molecule has 1 heteroatoms. The van der Waals surface area contributed by atoms with Gasteiger partial charge < -0.3 is 0 Å². The molecule has 18 heavy (non-hydrogen) atoms. The smallest absolute Gasteiger partial charge is 0.0667 e. The molecule has 0 saturated heterocycles. The van der Waals surface area contributed by atoms with Gasteiger partial charge in [0.05, 0.1) is 5.69 Å². The van der Waals surface area contributed by atoms with Gasteiger partial charge in [0.25, 0.3) is 0 Å². The fourth-order valence-corrected chi connectivity index (χ4v) is 2.62. The highest BCUT2D eigenvalue weighted by Gasteiger charge is 2.31. The zero-order chi connectivity index (χ0) is 12.6. The molecule has 1 nitrogen and oxygen atoms in total. The summed E-state index contributed by atoms with van der Waals surface area (Å²) in [4.78, 5) is 4.54. The molecule has 90 valence electrons. The van der Waals surface area contributed by atoms with E-state index in [-0.39, 0.29) is 5.41 Å². The lowest BCUT2D eigenvalue weighted by Crippen LogP contribution is -2.24. The average molecular weight is 235 g/mol. The van der Waals surface area contributed by atoms with Crippen molar-refractivity contribution < 1.29 is 0 Å². The fraction of sp³-hybridized carbons (Fsp3) is 0.235. The first-order valence-corrected chi connectivity index (χ1v) is 6.38. The second-order valence-corrected chi connectivity index (χ2v) is 5.36. The molecule has 1 aliphatic heterocycles. The Balaban J connectivity index is 1.94. The Morgan fingerprint density at radius 1 is 1.00 bits per heavy atom. The Bertz CT molecular complexity index is 595. The van der Waals surface area contributed by atoms with Crippen molar-refractivity contribution in [2.24, 2.45) is 4.99 Å². The maximum Gasteiger partial charge on any atom is 0.0667 e. The second kappa shape index (κ2) is 4.09. The van der Waals surface area contributed by atoms with Crippen molar-refractivity contribution in [2.75, 3.05) is 0 Å². The molecular weight excluding hydrogens is 218 g/mol. The number of aryl methyl sites for hydroxylation is 1. The summed E-state index contributed by atoms with van der Waals surface area (Å²) in [5.74, 6) is 0. The lowest BCUT2D eigenvalue weighted by Gasteiger charge is -2.22. The molecule has 1 heterocycles. The van der Waals surface area contributed by atoms with Crippen LogP contribution in [0.25, 0.3) is 0 Å². The molecule has 0 N–H and O–H groups in total. The molecule has 1 atom stereocenters. The van der Waals surface area contributed by atoms with Crippen LogP contribution in [0.2, 0.25) is 0 Å². The van der Waals surface area contributed by atoms with Crippen LogP contribution in [0.5, 0.6) is 0 Å². The van der Waals surface area contributed by atoms with Crippen molar-refractivity contribution in [1.29, 1.82) is 0 Å². The lowest BCUT2D eigenvalue weighted by atomic mass is 9.79. The van der Waals surface area contributed by atoms with E-state index in [1.807, 2.05) is 6.07 Å². The summed E-state index contributed by atoms with van der Waals surface area (Å²) in [6.07, 6.45) is 3.10. The van der Waals surface area contributed by atoms with Crippen molar-refractivity contribution in [3.05, 3.63) is 65.2 Å². The van der Waals surface area contributed by atoms with Crippen LogP contribution in [-0.4, -0.2) is 6.21 Å². The van der Waals surface area contributed by atoms with Crippen molar-refractivity contribution in [3.8, 4) is 0 Å². The fourth-order valence-electron chi connectivity index (χ4n) is 2.62. The molecule has 0 fully saturated rings. The van der Waals surface area contributed by atoms with Gasteiger partial charge in [-0.1, -0.05) is 55.0 Å². The van der Waals surface area contributed by atoms with Crippen LogP contribution in [-0.2, 0) is 11.8 Å². The van der Waals surface area contributed by atoms with E-state index in [1.165, 1.54) is 16.7 Å². The van der Waals surface area contributed by atoms with Gasteiger partial charge in [0.15, 0.2) is 0 Å². The molecule has 0 saturated carbocycles. The molecule has 2 aromatic rings. The minimum Gasteiger partial charge on any atom is -0.260 e. The number of benzene rings is 2. The summed E-state index contributed by atoms with van der Waals surface area (Å²) in [7, 11) is 0. The molecule has 0 aromatic heterocycles. The minimum absolute atomic E-state index is 0.0336. The number of rotatable bonds is 2. The van der Waals surface area contributed by atoms with Crippen LogP contribution in [0.3, 0.4) is 0 Å². The van der Waals surface area contributed by atoms with E-state index in [0.717, 1.165) is 12.1 Å². The molecule has 0 radical (unpaired) electrons. The van der Waals surface area contributed by atoms with Gasteiger partial charge in [0, 0.05) is 11.6 Å². The highest BCUT2D eigenvalue weighted by Crippen LogP contribution is 2.38. The number of fused-ring (bicyclic) bond motifs is 1. The van der Waals surface area contributed by atoms with Gasteiger partial charge in [-0.2, -0.15) is 0 Å². The van der Waals surface area contributed by atoms with Gasteiger partial charge in [-0.25, -0.2) is 0 Å².